The maximum atomic E-state index is 12.4. The summed E-state index contributed by atoms with van der Waals surface area (Å²) in [6.07, 6.45) is 3.63. The van der Waals surface area contributed by atoms with Crippen molar-refractivity contribution in [1.29, 1.82) is 0 Å². The second-order valence-corrected chi connectivity index (χ2v) is 5.95. The third-order valence-electron chi connectivity index (χ3n) is 4.59. The Kier molecular flexibility index (Phi) is 4.52. The van der Waals surface area contributed by atoms with E-state index in [1.807, 2.05) is 18.2 Å². The first kappa shape index (κ1) is 15.2. The second kappa shape index (κ2) is 6.57. The molecule has 22 heavy (non-hydrogen) atoms. The molecule has 1 amide bonds. The van der Waals surface area contributed by atoms with E-state index in [9.17, 15) is 4.79 Å². The summed E-state index contributed by atoms with van der Waals surface area (Å²) >= 11 is 0. The molecule has 0 bridgehead atoms. The molecule has 5 nitrogen and oxygen atoms in total. The minimum absolute atomic E-state index is 0.130. The zero-order valence-electron chi connectivity index (χ0n) is 13.1. The Morgan fingerprint density at radius 1 is 1.32 bits per heavy atom. The Bertz CT molecular complexity index is 539. The van der Waals surface area contributed by atoms with E-state index in [1.54, 1.807) is 0 Å². The molecule has 0 spiro atoms. The highest BCUT2D eigenvalue weighted by atomic mass is 16.6. The van der Waals surface area contributed by atoms with Crippen LogP contribution in [-0.4, -0.2) is 37.7 Å². The van der Waals surface area contributed by atoms with Gasteiger partial charge in [0, 0.05) is 6.54 Å². The van der Waals surface area contributed by atoms with Crippen LogP contribution >= 0.6 is 0 Å². The zero-order chi connectivity index (χ0) is 15.4. The standard InChI is InChI=1S/C17H24N2O3/c1-2-17(7-3-8-19-17)16(20)18-9-6-13-4-5-14-15(12-13)22-11-10-21-14/h4-5,12,19H,2-3,6-11H2,1H3,(H,18,20). The highest BCUT2D eigenvalue weighted by Gasteiger charge is 2.38. The van der Waals surface area contributed by atoms with Crippen LogP contribution in [0.3, 0.4) is 0 Å². The van der Waals surface area contributed by atoms with Crippen LogP contribution in [0.4, 0.5) is 0 Å². The molecule has 5 heteroatoms. The van der Waals surface area contributed by atoms with Gasteiger partial charge in [-0.1, -0.05) is 13.0 Å². The molecule has 0 aliphatic carbocycles. The molecule has 0 saturated carbocycles. The summed E-state index contributed by atoms with van der Waals surface area (Å²) in [6.45, 7) is 4.84. The maximum Gasteiger partial charge on any atom is 0.240 e. The summed E-state index contributed by atoms with van der Waals surface area (Å²) in [7, 11) is 0. The summed E-state index contributed by atoms with van der Waals surface area (Å²) in [5, 5.41) is 6.43. The van der Waals surface area contributed by atoms with Gasteiger partial charge in [-0.3, -0.25) is 4.79 Å². The largest absolute Gasteiger partial charge is 0.486 e. The molecular formula is C17H24N2O3. The highest BCUT2D eigenvalue weighted by molar-refractivity contribution is 5.86. The van der Waals surface area contributed by atoms with Crippen LogP contribution in [0.1, 0.15) is 31.7 Å². The van der Waals surface area contributed by atoms with Crippen molar-refractivity contribution < 1.29 is 14.3 Å². The lowest BCUT2D eigenvalue weighted by Crippen LogP contribution is -2.53. The van der Waals surface area contributed by atoms with Gasteiger partial charge in [0.15, 0.2) is 11.5 Å². The van der Waals surface area contributed by atoms with Gasteiger partial charge in [0.25, 0.3) is 0 Å². The number of amides is 1. The SMILES string of the molecule is CCC1(C(=O)NCCc2ccc3c(c2)OCCO3)CCCN1. The lowest BCUT2D eigenvalue weighted by molar-refractivity contribution is -0.127. The predicted octanol–water partition coefficient (Wildman–Crippen LogP) is 1.65. The molecule has 2 aliphatic rings. The van der Waals surface area contributed by atoms with Crippen molar-refractivity contribution in [2.75, 3.05) is 26.3 Å². The molecule has 1 aromatic carbocycles. The summed E-state index contributed by atoms with van der Waals surface area (Å²) in [4.78, 5) is 12.4. The number of ether oxygens (including phenoxy) is 2. The Hall–Kier alpha value is -1.75. The normalized spacial score (nSPS) is 23.3. The van der Waals surface area contributed by atoms with Crippen LogP contribution in [0.15, 0.2) is 18.2 Å². The van der Waals surface area contributed by atoms with E-state index < -0.39 is 0 Å². The van der Waals surface area contributed by atoms with Crippen LogP contribution < -0.4 is 20.1 Å². The minimum atomic E-state index is -0.354. The van der Waals surface area contributed by atoms with Gasteiger partial charge in [-0.15, -0.1) is 0 Å². The second-order valence-electron chi connectivity index (χ2n) is 5.95. The van der Waals surface area contributed by atoms with Gasteiger partial charge in [0.05, 0.1) is 5.54 Å². The molecule has 1 saturated heterocycles. The van der Waals surface area contributed by atoms with Crippen LogP contribution in [0, 0.1) is 0 Å². The number of nitrogens with one attached hydrogen (secondary N) is 2. The molecule has 3 rings (SSSR count). The van der Waals surface area contributed by atoms with E-state index in [0.29, 0.717) is 19.8 Å². The topological polar surface area (TPSA) is 59.6 Å². The monoisotopic (exact) mass is 304 g/mol. The molecule has 2 heterocycles. The molecule has 120 valence electrons. The third-order valence-corrected chi connectivity index (χ3v) is 4.59. The Morgan fingerprint density at radius 3 is 2.86 bits per heavy atom. The Balaban J connectivity index is 1.53. The van der Waals surface area contributed by atoms with Gasteiger partial charge in [0.1, 0.15) is 13.2 Å². The van der Waals surface area contributed by atoms with E-state index in [2.05, 4.69) is 17.6 Å². The van der Waals surface area contributed by atoms with Gasteiger partial charge in [-0.2, -0.15) is 0 Å². The molecule has 0 aromatic heterocycles. The van der Waals surface area contributed by atoms with Crippen LogP contribution in [0.2, 0.25) is 0 Å². The molecular weight excluding hydrogens is 280 g/mol. The quantitative estimate of drug-likeness (QED) is 0.868. The van der Waals surface area contributed by atoms with Crippen molar-refractivity contribution in [3.63, 3.8) is 0 Å². The van der Waals surface area contributed by atoms with E-state index in [0.717, 1.165) is 49.3 Å². The van der Waals surface area contributed by atoms with Crippen LogP contribution in [0.5, 0.6) is 11.5 Å². The van der Waals surface area contributed by atoms with Gasteiger partial charge < -0.3 is 20.1 Å². The molecule has 1 unspecified atom stereocenters. The van der Waals surface area contributed by atoms with Gasteiger partial charge >= 0.3 is 0 Å². The third kappa shape index (κ3) is 3.04. The average molecular weight is 304 g/mol. The van der Waals surface area contributed by atoms with Crippen LogP contribution in [0.25, 0.3) is 0 Å². The smallest absolute Gasteiger partial charge is 0.240 e. The molecule has 2 aliphatic heterocycles. The van der Waals surface area contributed by atoms with Gasteiger partial charge in [-0.05, 0) is 49.9 Å². The lowest BCUT2D eigenvalue weighted by atomic mass is 9.93. The fraction of sp³-hybridized carbons (Fsp3) is 0.588. The van der Waals surface area contributed by atoms with Crippen LogP contribution in [-0.2, 0) is 11.2 Å². The zero-order valence-corrected chi connectivity index (χ0v) is 13.1. The van der Waals surface area contributed by atoms with E-state index in [4.69, 9.17) is 9.47 Å². The number of hydrogen-bond donors (Lipinski definition) is 2. The molecule has 1 aromatic rings. The molecule has 2 N–H and O–H groups in total. The number of carbonyl (C=O) groups is 1. The molecule has 1 atom stereocenters. The van der Waals surface area contributed by atoms with Crippen molar-refractivity contribution in [3.05, 3.63) is 23.8 Å². The summed E-state index contributed by atoms with van der Waals surface area (Å²) in [5.41, 5.74) is 0.793. The summed E-state index contributed by atoms with van der Waals surface area (Å²) in [6, 6.07) is 5.98. The number of hydrogen-bond acceptors (Lipinski definition) is 4. The lowest BCUT2D eigenvalue weighted by Gasteiger charge is -2.26. The van der Waals surface area contributed by atoms with E-state index in [1.165, 1.54) is 0 Å². The van der Waals surface area contributed by atoms with Gasteiger partial charge in [-0.25, -0.2) is 0 Å². The van der Waals surface area contributed by atoms with E-state index in [-0.39, 0.29) is 11.4 Å². The van der Waals surface area contributed by atoms with Crippen molar-refractivity contribution in [3.8, 4) is 11.5 Å². The fourth-order valence-electron chi connectivity index (χ4n) is 3.20. The van der Waals surface area contributed by atoms with Crippen molar-refractivity contribution in [2.24, 2.45) is 0 Å². The molecule has 0 radical (unpaired) electrons. The fourth-order valence-corrected chi connectivity index (χ4v) is 3.20. The Labute approximate surface area is 131 Å². The van der Waals surface area contributed by atoms with Crippen molar-refractivity contribution >= 4 is 5.91 Å². The number of carbonyl (C=O) groups excluding carboxylic acids is 1. The summed E-state index contributed by atoms with van der Waals surface area (Å²) < 4.78 is 11.1. The average Bonchev–Trinajstić information content (AvgIpc) is 3.05. The predicted molar refractivity (Wildman–Crippen MR) is 84.4 cm³/mol. The van der Waals surface area contributed by atoms with Crippen molar-refractivity contribution in [2.45, 2.75) is 38.1 Å². The number of rotatable bonds is 5. The first-order valence-electron chi connectivity index (χ1n) is 8.15. The first-order chi connectivity index (χ1) is 10.7. The maximum absolute atomic E-state index is 12.4. The summed E-state index contributed by atoms with van der Waals surface area (Å²) in [5.74, 6) is 1.74. The highest BCUT2D eigenvalue weighted by Crippen LogP contribution is 2.30. The Morgan fingerprint density at radius 2 is 2.14 bits per heavy atom. The number of benzene rings is 1. The first-order valence-corrected chi connectivity index (χ1v) is 8.15. The minimum Gasteiger partial charge on any atom is -0.486 e. The number of fused-ring (bicyclic) bond motifs is 1. The van der Waals surface area contributed by atoms with Gasteiger partial charge in [0.2, 0.25) is 5.91 Å². The van der Waals surface area contributed by atoms with E-state index >= 15 is 0 Å². The molecule has 1 fully saturated rings. The van der Waals surface area contributed by atoms with Crippen molar-refractivity contribution in [1.82, 2.24) is 10.6 Å².